The number of benzene rings is 1. The van der Waals surface area contributed by atoms with Crippen LogP contribution in [0.15, 0.2) is 28.7 Å². The van der Waals surface area contributed by atoms with Crippen molar-refractivity contribution in [1.29, 1.82) is 0 Å². The minimum absolute atomic E-state index is 0.0355. The first-order valence-corrected chi connectivity index (χ1v) is 6.28. The molecule has 0 atom stereocenters. The topological polar surface area (TPSA) is 63.3 Å². The van der Waals surface area contributed by atoms with E-state index in [1.165, 1.54) is 18.2 Å². The minimum atomic E-state index is -4.56. The van der Waals surface area contributed by atoms with Crippen molar-refractivity contribution in [2.75, 3.05) is 0 Å². The zero-order valence-electron chi connectivity index (χ0n) is 10.6. The van der Waals surface area contributed by atoms with Crippen LogP contribution in [0.3, 0.4) is 0 Å². The van der Waals surface area contributed by atoms with E-state index in [1.807, 2.05) is 0 Å². The van der Waals surface area contributed by atoms with Crippen molar-refractivity contribution >= 4 is 5.97 Å². The lowest BCUT2D eigenvalue weighted by Crippen LogP contribution is -2.06. The summed E-state index contributed by atoms with van der Waals surface area (Å²) >= 11 is 0. The van der Waals surface area contributed by atoms with Crippen molar-refractivity contribution in [2.45, 2.75) is 24.9 Å². The first kappa shape index (κ1) is 13.7. The second-order valence-corrected chi connectivity index (χ2v) is 4.86. The molecule has 0 spiro atoms. The molecule has 3 rings (SSSR count). The van der Waals surface area contributed by atoms with E-state index in [2.05, 4.69) is 4.98 Å². The first-order chi connectivity index (χ1) is 9.88. The molecule has 0 saturated heterocycles. The lowest BCUT2D eigenvalue weighted by Gasteiger charge is -2.09. The molecule has 1 saturated carbocycles. The fraction of sp³-hybridized carbons (Fsp3) is 0.286. The maximum Gasteiger partial charge on any atom is 0.417 e. The molecule has 0 bridgehead atoms. The third-order valence-electron chi connectivity index (χ3n) is 3.27. The summed E-state index contributed by atoms with van der Waals surface area (Å²) < 4.78 is 44.0. The van der Waals surface area contributed by atoms with Gasteiger partial charge in [-0.15, -0.1) is 0 Å². The van der Waals surface area contributed by atoms with Crippen LogP contribution in [0.25, 0.3) is 11.5 Å². The molecule has 1 aliphatic carbocycles. The molecule has 1 aliphatic rings. The van der Waals surface area contributed by atoms with E-state index in [1.54, 1.807) is 0 Å². The van der Waals surface area contributed by atoms with E-state index >= 15 is 0 Å². The number of hydrogen-bond acceptors (Lipinski definition) is 3. The highest BCUT2D eigenvalue weighted by atomic mass is 19.4. The Kier molecular flexibility index (Phi) is 3.00. The predicted octanol–water partition coefficient (Wildman–Crippen LogP) is 3.94. The first-order valence-electron chi connectivity index (χ1n) is 6.28. The van der Waals surface area contributed by atoms with Gasteiger partial charge in [0.1, 0.15) is 0 Å². The number of carboxylic acids is 1. The smallest absolute Gasteiger partial charge is 0.417 e. The van der Waals surface area contributed by atoms with E-state index in [0.717, 1.165) is 18.9 Å². The van der Waals surface area contributed by atoms with Crippen LogP contribution in [-0.2, 0) is 6.18 Å². The zero-order chi connectivity index (χ0) is 15.2. The SMILES string of the molecule is O=C(O)c1oc(-c2ccccc2C(F)(F)F)nc1C1CC1. The summed E-state index contributed by atoms with van der Waals surface area (Å²) in [5.41, 5.74) is -0.917. The number of oxazole rings is 1. The lowest BCUT2D eigenvalue weighted by atomic mass is 10.1. The van der Waals surface area contributed by atoms with Gasteiger partial charge in [0, 0.05) is 11.5 Å². The number of rotatable bonds is 3. The number of nitrogens with zero attached hydrogens (tertiary/aromatic N) is 1. The summed E-state index contributed by atoms with van der Waals surface area (Å²) in [5.74, 6) is -2.03. The Hall–Kier alpha value is -2.31. The molecular formula is C14H10F3NO3. The third kappa shape index (κ3) is 2.51. The van der Waals surface area contributed by atoms with Gasteiger partial charge in [0.05, 0.1) is 11.3 Å². The van der Waals surface area contributed by atoms with Crippen molar-refractivity contribution in [3.8, 4) is 11.5 Å². The van der Waals surface area contributed by atoms with E-state index < -0.39 is 17.7 Å². The van der Waals surface area contributed by atoms with Gasteiger partial charge in [-0.3, -0.25) is 0 Å². The highest BCUT2D eigenvalue weighted by Crippen LogP contribution is 2.43. The lowest BCUT2D eigenvalue weighted by molar-refractivity contribution is -0.137. The molecule has 1 N–H and O–H groups in total. The number of aromatic nitrogens is 1. The molecule has 1 heterocycles. The van der Waals surface area contributed by atoms with E-state index in [-0.39, 0.29) is 28.8 Å². The monoisotopic (exact) mass is 297 g/mol. The molecular weight excluding hydrogens is 287 g/mol. The van der Waals surface area contributed by atoms with Crippen molar-refractivity contribution in [3.05, 3.63) is 41.3 Å². The maximum absolute atomic E-state index is 13.0. The van der Waals surface area contributed by atoms with Crippen LogP contribution in [0.4, 0.5) is 13.2 Å². The Morgan fingerprint density at radius 3 is 2.52 bits per heavy atom. The van der Waals surface area contributed by atoms with Crippen LogP contribution < -0.4 is 0 Å². The highest BCUT2D eigenvalue weighted by Gasteiger charge is 2.37. The molecule has 1 aromatic carbocycles. The summed E-state index contributed by atoms with van der Waals surface area (Å²) in [7, 11) is 0. The van der Waals surface area contributed by atoms with Crippen LogP contribution >= 0.6 is 0 Å². The summed E-state index contributed by atoms with van der Waals surface area (Å²) in [6.07, 6.45) is -3.02. The van der Waals surface area contributed by atoms with Gasteiger partial charge in [-0.05, 0) is 25.0 Å². The van der Waals surface area contributed by atoms with Crippen molar-refractivity contribution in [1.82, 2.24) is 4.98 Å². The number of aromatic carboxylic acids is 1. The molecule has 0 radical (unpaired) electrons. The van der Waals surface area contributed by atoms with Crippen molar-refractivity contribution < 1.29 is 27.5 Å². The molecule has 7 heteroatoms. The number of carboxylic acid groups (broad SMARTS) is 1. The highest BCUT2D eigenvalue weighted by molar-refractivity contribution is 5.86. The van der Waals surface area contributed by atoms with Gasteiger partial charge in [-0.2, -0.15) is 13.2 Å². The minimum Gasteiger partial charge on any atom is -0.475 e. The Morgan fingerprint density at radius 1 is 1.29 bits per heavy atom. The number of carbonyl (C=O) groups is 1. The van der Waals surface area contributed by atoms with Crippen LogP contribution in [0.2, 0.25) is 0 Å². The summed E-state index contributed by atoms with van der Waals surface area (Å²) in [6, 6.07) is 4.81. The number of hydrogen-bond donors (Lipinski definition) is 1. The molecule has 110 valence electrons. The number of alkyl halides is 3. The van der Waals surface area contributed by atoms with Crippen LogP contribution in [0.5, 0.6) is 0 Å². The fourth-order valence-electron chi connectivity index (χ4n) is 2.15. The molecule has 0 amide bonds. The average Bonchev–Trinajstić information content (AvgIpc) is 3.16. The van der Waals surface area contributed by atoms with E-state index in [4.69, 9.17) is 9.52 Å². The fourth-order valence-corrected chi connectivity index (χ4v) is 2.15. The largest absolute Gasteiger partial charge is 0.475 e. The van der Waals surface area contributed by atoms with Crippen molar-refractivity contribution in [2.24, 2.45) is 0 Å². The second kappa shape index (κ2) is 4.61. The van der Waals surface area contributed by atoms with Gasteiger partial charge in [0.2, 0.25) is 11.7 Å². The van der Waals surface area contributed by atoms with Crippen LogP contribution in [-0.4, -0.2) is 16.1 Å². The van der Waals surface area contributed by atoms with E-state index in [0.29, 0.717) is 0 Å². The van der Waals surface area contributed by atoms with Crippen molar-refractivity contribution in [3.63, 3.8) is 0 Å². The van der Waals surface area contributed by atoms with Crippen LogP contribution in [0, 0.1) is 0 Å². The van der Waals surface area contributed by atoms with E-state index in [9.17, 15) is 18.0 Å². The zero-order valence-corrected chi connectivity index (χ0v) is 10.6. The molecule has 0 unspecified atom stereocenters. The maximum atomic E-state index is 13.0. The summed E-state index contributed by atoms with van der Waals surface area (Å²) in [4.78, 5) is 15.1. The van der Waals surface area contributed by atoms with Gasteiger partial charge < -0.3 is 9.52 Å². The predicted molar refractivity (Wildman–Crippen MR) is 65.9 cm³/mol. The summed E-state index contributed by atoms with van der Waals surface area (Å²) in [5, 5.41) is 9.08. The van der Waals surface area contributed by atoms with Gasteiger partial charge in [0.15, 0.2) is 0 Å². The standard InChI is InChI=1S/C14H10F3NO3/c15-14(16,17)9-4-2-1-3-8(9)12-18-10(7-5-6-7)11(21-12)13(19)20/h1-4,7H,5-6H2,(H,19,20). The normalized spacial score (nSPS) is 15.2. The summed E-state index contributed by atoms with van der Waals surface area (Å²) in [6.45, 7) is 0. The third-order valence-corrected chi connectivity index (χ3v) is 3.27. The molecule has 4 nitrogen and oxygen atoms in total. The van der Waals surface area contributed by atoms with Gasteiger partial charge >= 0.3 is 12.1 Å². The molecule has 21 heavy (non-hydrogen) atoms. The number of halogens is 3. The van der Waals surface area contributed by atoms with Gasteiger partial charge in [-0.25, -0.2) is 9.78 Å². The Balaban J connectivity index is 2.13. The molecule has 2 aromatic rings. The Morgan fingerprint density at radius 2 is 1.95 bits per heavy atom. The van der Waals surface area contributed by atoms with Gasteiger partial charge in [-0.1, -0.05) is 12.1 Å². The second-order valence-electron chi connectivity index (χ2n) is 4.86. The Labute approximate surface area is 117 Å². The Bertz CT molecular complexity index is 702. The quantitative estimate of drug-likeness (QED) is 0.932. The molecule has 0 aliphatic heterocycles. The molecule has 1 fully saturated rings. The van der Waals surface area contributed by atoms with Crippen LogP contribution in [0.1, 0.15) is 40.6 Å². The van der Waals surface area contributed by atoms with Gasteiger partial charge in [0.25, 0.3) is 0 Å². The average molecular weight is 297 g/mol. The molecule has 1 aromatic heterocycles.